The van der Waals surface area contributed by atoms with Crippen LogP contribution in [0.15, 0.2) is 140 Å². The zero-order valence-electron chi connectivity index (χ0n) is 24.7. The van der Waals surface area contributed by atoms with Gasteiger partial charge in [-0.2, -0.15) is 0 Å². The second kappa shape index (κ2) is 8.36. The molecule has 1 aliphatic carbocycles. The van der Waals surface area contributed by atoms with E-state index in [-0.39, 0.29) is 5.41 Å². The molecule has 9 aromatic rings. The lowest BCUT2D eigenvalue weighted by Gasteiger charge is -2.25. The molecule has 44 heavy (non-hydrogen) atoms. The Kier molecular flexibility index (Phi) is 4.58. The van der Waals surface area contributed by atoms with Crippen LogP contribution in [-0.4, -0.2) is 4.57 Å². The van der Waals surface area contributed by atoms with E-state index in [1.165, 1.54) is 92.8 Å². The van der Waals surface area contributed by atoms with Crippen molar-refractivity contribution in [2.24, 2.45) is 0 Å². The molecule has 1 aromatic heterocycles. The summed E-state index contributed by atoms with van der Waals surface area (Å²) in [5.74, 6) is 0. The highest BCUT2D eigenvalue weighted by molar-refractivity contribution is 6.29. The summed E-state index contributed by atoms with van der Waals surface area (Å²) in [6, 6.07) is 52.0. The van der Waals surface area contributed by atoms with Gasteiger partial charge < -0.3 is 4.57 Å². The van der Waals surface area contributed by atoms with E-state index in [4.69, 9.17) is 0 Å². The summed E-state index contributed by atoms with van der Waals surface area (Å²) in [4.78, 5) is 0. The van der Waals surface area contributed by atoms with Crippen molar-refractivity contribution in [3.8, 4) is 16.8 Å². The first-order valence-electron chi connectivity index (χ1n) is 15.5. The first-order valence-corrected chi connectivity index (χ1v) is 15.5. The van der Waals surface area contributed by atoms with Crippen molar-refractivity contribution in [1.82, 2.24) is 4.57 Å². The molecule has 0 amide bonds. The van der Waals surface area contributed by atoms with Crippen molar-refractivity contribution in [2.75, 3.05) is 0 Å². The van der Waals surface area contributed by atoms with E-state index in [0.717, 1.165) is 0 Å². The van der Waals surface area contributed by atoms with Crippen LogP contribution in [0.5, 0.6) is 0 Å². The van der Waals surface area contributed by atoms with E-state index in [9.17, 15) is 0 Å². The second-order valence-electron chi connectivity index (χ2n) is 12.9. The van der Waals surface area contributed by atoms with Crippen LogP contribution in [-0.2, 0) is 5.41 Å². The monoisotopic (exact) mass is 559 g/mol. The van der Waals surface area contributed by atoms with Crippen molar-refractivity contribution in [2.45, 2.75) is 19.3 Å². The third kappa shape index (κ3) is 2.99. The average Bonchev–Trinajstić information content (AvgIpc) is 3.51. The van der Waals surface area contributed by atoms with E-state index in [1.807, 2.05) is 0 Å². The number of aromatic nitrogens is 1. The summed E-state index contributed by atoms with van der Waals surface area (Å²) in [5.41, 5.74) is 9.10. The maximum Gasteiger partial charge on any atom is 0.0544 e. The van der Waals surface area contributed by atoms with Gasteiger partial charge in [-0.3, -0.25) is 0 Å². The number of hydrogen-bond donors (Lipinski definition) is 0. The van der Waals surface area contributed by atoms with Gasteiger partial charge in [0.05, 0.1) is 11.0 Å². The van der Waals surface area contributed by atoms with Crippen LogP contribution in [0.4, 0.5) is 0 Å². The van der Waals surface area contributed by atoms with Crippen LogP contribution in [0.25, 0.3) is 81.7 Å². The quantitative estimate of drug-likeness (QED) is 0.139. The van der Waals surface area contributed by atoms with Gasteiger partial charge in [0, 0.05) is 21.9 Å². The Hall–Kier alpha value is -5.40. The third-order valence-corrected chi connectivity index (χ3v) is 10.3. The molecule has 0 atom stereocenters. The van der Waals surface area contributed by atoms with E-state index < -0.39 is 0 Å². The smallest absolute Gasteiger partial charge is 0.0544 e. The molecule has 0 aliphatic heterocycles. The highest BCUT2D eigenvalue weighted by Crippen LogP contribution is 2.55. The molecule has 0 saturated heterocycles. The maximum absolute atomic E-state index is 2.49. The molecule has 1 heteroatoms. The van der Waals surface area contributed by atoms with Crippen LogP contribution in [0, 0.1) is 0 Å². The first kappa shape index (κ1) is 24.1. The molecular formula is C43H29N. The van der Waals surface area contributed by atoms with E-state index in [0.29, 0.717) is 0 Å². The molecule has 0 unspecified atom stereocenters. The topological polar surface area (TPSA) is 4.93 Å². The fourth-order valence-corrected chi connectivity index (χ4v) is 8.35. The molecular weight excluding hydrogens is 530 g/mol. The van der Waals surface area contributed by atoms with Gasteiger partial charge >= 0.3 is 0 Å². The number of fused-ring (bicyclic) bond motifs is 14. The molecule has 0 N–H and O–H groups in total. The molecule has 0 fully saturated rings. The summed E-state index contributed by atoms with van der Waals surface area (Å²) in [6.07, 6.45) is 0. The van der Waals surface area contributed by atoms with Gasteiger partial charge in [-0.15, -0.1) is 0 Å². The lowest BCUT2D eigenvalue weighted by molar-refractivity contribution is 0.667. The predicted molar refractivity (Wildman–Crippen MR) is 188 cm³/mol. The zero-order chi connectivity index (χ0) is 29.2. The van der Waals surface area contributed by atoms with Crippen LogP contribution in [0.3, 0.4) is 0 Å². The Labute approximate surface area is 255 Å². The third-order valence-electron chi connectivity index (χ3n) is 10.3. The highest BCUT2D eigenvalue weighted by Gasteiger charge is 2.38. The van der Waals surface area contributed by atoms with Gasteiger partial charge in [0.1, 0.15) is 0 Å². The molecule has 0 bridgehead atoms. The number of hydrogen-bond acceptors (Lipinski definition) is 0. The van der Waals surface area contributed by atoms with Crippen molar-refractivity contribution in [3.05, 3.63) is 151 Å². The molecule has 0 radical (unpaired) electrons. The largest absolute Gasteiger partial charge is 0.309 e. The molecule has 1 heterocycles. The molecule has 10 rings (SSSR count). The number of rotatable bonds is 1. The van der Waals surface area contributed by atoms with Gasteiger partial charge in [-0.1, -0.05) is 111 Å². The van der Waals surface area contributed by atoms with E-state index in [1.54, 1.807) is 0 Å². The zero-order valence-corrected chi connectivity index (χ0v) is 24.7. The van der Waals surface area contributed by atoms with Crippen molar-refractivity contribution in [1.29, 1.82) is 0 Å². The Bertz CT molecular complexity index is 2670. The molecule has 206 valence electrons. The standard InChI is InChI=1S/C43H29N/c1-43(2)38-25-40-37(30-17-10-11-19-39(30)44(40)28-14-4-3-5-15-28)24-36(38)33-21-20-32-35-23-27-13-7-6-12-26(27)22-34(35)29-16-8-9-18-31(29)41(32)42(33)43/h3-25H,1-2H3. The summed E-state index contributed by atoms with van der Waals surface area (Å²) >= 11 is 0. The van der Waals surface area contributed by atoms with E-state index in [2.05, 4.69) is 158 Å². The fourth-order valence-electron chi connectivity index (χ4n) is 8.35. The van der Waals surface area contributed by atoms with Crippen LogP contribution < -0.4 is 0 Å². The summed E-state index contributed by atoms with van der Waals surface area (Å²) in [5, 5.41) is 13.2. The summed E-state index contributed by atoms with van der Waals surface area (Å²) in [7, 11) is 0. The minimum atomic E-state index is -0.177. The Morgan fingerprint density at radius 3 is 1.82 bits per heavy atom. The Morgan fingerprint density at radius 1 is 0.432 bits per heavy atom. The van der Waals surface area contributed by atoms with Gasteiger partial charge in [0.15, 0.2) is 0 Å². The SMILES string of the molecule is CC1(C)c2cc3c(cc2-c2ccc4c5cc6ccccc6cc5c5ccccc5c4c21)c1ccccc1n3-c1ccccc1. The minimum absolute atomic E-state index is 0.177. The fraction of sp³-hybridized carbons (Fsp3) is 0.0698. The number of benzene rings is 8. The van der Waals surface area contributed by atoms with Gasteiger partial charge in [-0.25, -0.2) is 0 Å². The Morgan fingerprint density at radius 2 is 1.05 bits per heavy atom. The predicted octanol–water partition coefficient (Wildman–Crippen LogP) is 11.7. The van der Waals surface area contributed by atoms with Crippen molar-refractivity contribution in [3.63, 3.8) is 0 Å². The molecule has 0 spiro atoms. The number of nitrogens with zero attached hydrogens (tertiary/aromatic N) is 1. The van der Waals surface area contributed by atoms with Gasteiger partial charge in [0.2, 0.25) is 0 Å². The summed E-state index contributed by atoms with van der Waals surface area (Å²) in [6.45, 7) is 4.86. The highest BCUT2D eigenvalue weighted by atomic mass is 15.0. The minimum Gasteiger partial charge on any atom is -0.309 e. The molecule has 1 nitrogen and oxygen atoms in total. The van der Waals surface area contributed by atoms with Crippen LogP contribution in [0.2, 0.25) is 0 Å². The first-order chi connectivity index (χ1) is 21.6. The van der Waals surface area contributed by atoms with E-state index >= 15 is 0 Å². The second-order valence-corrected chi connectivity index (χ2v) is 12.9. The lowest BCUT2D eigenvalue weighted by Crippen LogP contribution is -2.16. The summed E-state index contributed by atoms with van der Waals surface area (Å²) < 4.78 is 2.44. The average molecular weight is 560 g/mol. The van der Waals surface area contributed by atoms with Crippen LogP contribution >= 0.6 is 0 Å². The maximum atomic E-state index is 2.49. The van der Waals surface area contributed by atoms with Gasteiger partial charge in [-0.05, 0) is 108 Å². The molecule has 0 saturated carbocycles. The molecule has 1 aliphatic rings. The van der Waals surface area contributed by atoms with Crippen molar-refractivity contribution >= 4 is 64.9 Å². The van der Waals surface area contributed by atoms with Gasteiger partial charge in [0.25, 0.3) is 0 Å². The Balaban J connectivity index is 1.35. The van der Waals surface area contributed by atoms with Crippen molar-refractivity contribution < 1.29 is 0 Å². The number of para-hydroxylation sites is 2. The lowest BCUT2D eigenvalue weighted by atomic mass is 9.78. The normalized spacial score (nSPS) is 13.9. The van der Waals surface area contributed by atoms with Crippen LogP contribution in [0.1, 0.15) is 25.0 Å². The molecule has 8 aromatic carbocycles.